The first-order valence-electron chi connectivity index (χ1n) is 5.46. The van der Waals surface area contributed by atoms with E-state index in [4.69, 9.17) is 4.42 Å². The monoisotopic (exact) mass is 207 g/mol. The van der Waals surface area contributed by atoms with Crippen LogP contribution in [-0.2, 0) is 11.2 Å². The number of ketones is 1. The Morgan fingerprint density at radius 3 is 3.13 bits per heavy atom. The molecule has 1 unspecified atom stereocenters. The largest absolute Gasteiger partial charge is 0.472 e. The molecule has 0 saturated carbocycles. The summed E-state index contributed by atoms with van der Waals surface area (Å²) in [6, 6.07) is 1.86. The average molecular weight is 207 g/mol. The summed E-state index contributed by atoms with van der Waals surface area (Å²) >= 11 is 0. The van der Waals surface area contributed by atoms with E-state index in [2.05, 4.69) is 12.2 Å². The molecule has 0 amide bonds. The van der Waals surface area contributed by atoms with E-state index in [9.17, 15) is 4.79 Å². The molecule has 2 heterocycles. The van der Waals surface area contributed by atoms with Crippen molar-refractivity contribution in [2.24, 2.45) is 5.41 Å². The molecule has 1 aromatic rings. The molecule has 82 valence electrons. The van der Waals surface area contributed by atoms with Crippen LogP contribution in [-0.4, -0.2) is 18.9 Å². The molecule has 1 fully saturated rings. The highest BCUT2D eigenvalue weighted by atomic mass is 16.3. The number of carbonyl (C=O) groups is 1. The van der Waals surface area contributed by atoms with Crippen molar-refractivity contribution in [3.63, 3.8) is 0 Å². The van der Waals surface area contributed by atoms with Gasteiger partial charge in [-0.25, -0.2) is 0 Å². The lowest BCUT2D eigenvalue weighted by molar-refractivity contribution is -0.128. The molecule has 0 spiro atoms. The number of rotatable bonds is 3. The quantitative estimate of drug-likeness (QED) is 0.821. The molecule has 1 saturated heterocycles. The molecule has 1 aliphatic rings. The van der Waals surface area contributed by atoms with Crippen LogP contribution < -0.4 is 5.32 Å². The second-order valence-corrected chi connectivity index (χ2v) is 4.57. The Hall–Kier alpha value is -1.09. The lowest BCUT2D eigenvalue weighted by Crippen LogP contribution is -2.44. The molecule has 0 bridgehead atoms. The molecule has 3 heteroatoms. The summed E-state index contributed by atoms with van der Waals surface area (Å²) in [6.45, 7) is 3.90. The number of hydrogen-bond donors (Lipinski definition) is 1. The van der Waals surface area contributed by atoms with Crippen LogP contribution >= 0.6 is 0 Å². The predicted octanol–water partition coefficient (Wildman–Crippen LogP) is 1.78. The van der Waals surface area contributed by atoms with E-state index >= 15 is 0 Å². The molecule has 0 aromatic carbocycles. The molecular weight excluding hydrogens is 190 g/mol. The summed E-state index contributed by atoms with van der Waals surface area (Å²) in [4.78, 5) is 12.1. The molecule has 0 radical (unpaired) electrons. The fourth-order valence-corrected chi connectivity index (χ4v) is 2.09. The lowest BCUT2D eigenvalue weighted by Gasteiger charge is -2.32. The van der Waals surface area contributed by atoms with Crippen LogP contribution in [0.5, 0.6) is 0 Å². The van der Waals surface area contributed by atoms with E-state index in [-0.39, 0.29) is 5.41 Å². The summed E-state index contributed by atoms with van der Waals surface area (Å²) < 4.78 is 4.97. The SMILES string of the molecule is CC1(C(=O)Cc2ccoc2)CCCNC1. The number of Topliss-reactive ketones (excluding diaryl/α,β-unsaturated/α-hetero) is 1. The van der Waals surface area contributed by atoms with Crippen molar-refractivity contribution < 1.29 is 9.21 Å². The molecular formula is C12H17NO2. The van der Waals surface area contributed by atoms with Gasteiger partial charge in [-0.1, -0.05) is 6.92 Å². The minimum absolute atomic E-state index is 0.185. The highest BCUT2D eigenvalue weighted by molar-refractivity contribution is 5.86. The lowest BCUT2D eigenvalue weighted by atomic mass is 9.77. The standard InChI is InChI=1S/C12H17NO2/c1-12(4-2-5-13-9-12)11(14)7-10-3-6-15-8-10/h3,6,8,13H,2,4-5,7,9H2,1H3. The van der Waals surface area contributed by atoms with Gasteiger partial charge in [0.25, 0.3) is 0 Å². The van der Waals surface area contributed by atoms with Crippen LogP contribution in [0.25, 0.3) is 0 Å². The van der Waals surface area contributed by atoms with Crippen molar-refractivity contribution in [3.05, 3.63) is 24.2 Å². The minimum Gasteiger partial charge on any atom is -0.472 e. The number of hydrogen-bond acceptors (Lipinski definition) is 3. The zero-order valence-electron chi connectivity index (χ0n) is 9.08. The van der Waals surface area contributed by atoms with Crippen molar-refractivity contribution in [1.29, 1.82) is 0 Å². The Kier molecular flexibility index (Phi) is 2.91. The van der Waals surface area contributed by atoms with Crippen LogP contribution in [0, 0.1) is 5.41 Å². The van der Waals surface area contributed by atoms with Gasteiger partial charge in [0, 0.05) is 18.4 Å². The predicted molar refractivity (Wildman–Crippen MR) is 57.6 cm³/mol. The third-order valence-corrected chi connectivity index (χ3v) is 3.22. The molecule has 1 aromatic heterocycles. The van der Waals surface area contributed by atoms with Crippen LogP contribution in [0.15, 0.2) is 23.0 Å². The molecule has 2 rings (SSSR count). The third-order valence-electron chi connectivity index (χ3n) is 3.22. The fourth-order valence-electron chi connectivity index (χ4n) is 2.09. The third kappa shape index (κ3) is 2.29. The summed E-state index contributed by atoms with van der Waals surface area (Å²) in [7, 11) is 0. The van der Waals surface area contributed by atoms with Gasteiger partial charge in [0.05, 0.1) is 12.5 Å². The molecule has 1 N–H and O–H groups in total. The van der Waals surface area contributed by atoms with E-state index in [1.165, 1.54) is 0 Å². The maximum Gasteiger partial charge on any atom is 0.144 e. The number of nitrogens with one attached hydrogen (secondary N) is 1. The van der Waals surface area contributed by atoms with Crippen molar-refractivity contribution in [3.8, 4) is 0 Å². The van der Waals surface area contributed by atoms with Gasteiger partial charge in [-0.3, -0.25) is 4.79 Å². The van der Waals surface area contributed by atoms with E-state index in [0.29, 0.717) is 12.2 Å². The maximum atomic E-state index is 12.1. The second kappa shape index (κ2) is 4.19. The minimum atomic E-state index is -0.185. The smallest absolute Gasteiger partial charge is 0.144 e. The van der Waals surface area contributed by atoms with Gasteiger partial charge in [0.15, 0.2) is 0 Å². The van der Waals surface area contributed by atoms with Gasteiger partial charge in [-0.05, 0) is 31.0 Å². The first-order valence-corrected chi connectivity index (χ1v) is 5.46. The number of piperidine rings is 1. The van der Waals surface area contributed by atoms with Crippen molar-refractivity contribution in [2.75, 3.05) is 13.1 Å². The van der Waals surface area contributed by atoms with Gasteiger partial charge in [0.2, 0.25) is 0 Å². The van der Waals surface area contributed by atoms with Crippen LogP contribution in [0.3, 0.4) is 0 Å². The molecule has 1 atom stereocenters. The van der Waals surface area contributed by atoms with Crippen molar-refractivity contribution in [1.82, 2.24) is 5.32 Å². The van der Waals surface area contributed by atoms with Gasteiger partial charge < -0.3 is 9.73 Å². The Morgan fingerprint density at radius 1 is 1.67 bits per heavy atom. The summed E-state index contributed by atoms with van der Waals surface area (Å²) in [5.74, 6) is 0.316. The van der Waals surface area contributed by atoms with Crippen LogP contribution in [0.1, 0.15) is 25.3 Å². The van der Waals surface area contributed by atoms with E-state index in [1.807, 2.05) is 6.07 Å². The van der Waals surface area contributed by atoms with E-state index in [0.717, 1.165) is 31.5 Å². The zero-order valence-corrected chi connectivity index (χ0v) is 9.08. The molecule has 1 aliphatic heterocycles. The fraction of sp³-hybridized carbons (Fsp3) is 0.583. The Balaban J connectivity index is 2.00. The van der Waals surface area contributed by atoms with Gasteiger partial charge in [0.1, 0.15) is 5.78 Å². The summed E-state index contributed by atoms with van der Waals surface area (Å²) in [5.41, 5.74) is 0.794. The number of furan rings is 1. The summed E-state index contributed by atoms with van der Waals surface area (Å²) in [6.07, 6.45) is 5.85. The Morgan fingerprint density at radius 2 is 2.53 bits per heavy atom. The maximum absolute atomic E-state index is 12.1. The van der Waals surface area contributed by atoms with Crippen LogP contribution in [0.4, 0.5) is 0 Å². The van der Waals surface area contributed by atoms with E-state index < -0.39 is 0 Å². The van der Waals surface area contributed by atoms with E-state index in [1.54, 1.807) is 12.5 Å². The molecule has 15 heavy (non-hydrogen) atoms. The first-order chi connectivity index (χ1) is 7.21. The Labute approximate surface area is 89.9 Å². The molecule has 0 aliphatic carbocycles. The molecule has 3 nitrogen and oxygen atoms in total. The zero-order chi connectivity index (χ0) is 10.7. The highest BCUT2D eigenvalue weighted by Crippen LogP contribution is 2.27. The second-order valence-electron chi connectivity index (χ2n) is 4.57. The number of carbonyl (C=O) groups excluding carboxylic acids is 1. The summed E-state index contributed by atoms with van der Waals surface area (Å²) in [5, 5.41) is 3.29. The van der Waals surface area contributed by atoms with Gasteiger partial charge in [-0.15, -0.1) is 0 Å². The Bertz CT molecular complexity index is 323. The normalized spacial score (nSPS) is 26.5. The van der Waals surface area contributed by atoms with Gasteiger partial charge >= 0.3 is 0 Å². The highest BCUT2D eigenvalue weighted by Gasteiger charge is 2.33. The van der Waals surface area contributed by atoms with Crippen LogP contribution in [0.2, 0.25) is 0 Å². The van der Waals surface area contributed by atoms with Gasteiger partial charge in [-0.2, -0.15) is 0 Å². The van der Waals surface area contributed by atoms with Crippen molar-refractivity contribution in [2.45, 2.75) is 26.2 Å². The average Bonchev–Trinajstić information content (AvgIpc) is 2.71. The van der Waals surface area contributed by atoms with Crippen molar-refractivity contribution >= 4 is 5.78 Å². The first kappa shape index (κ1) is 10.4. The topological polar surface area (TPSA) is 42.2 Å².